The highest BCUT2D eigenvalue weighted by atomic mass is 16.3. The minimum Gasteiger partial charge on any atom is -0.395 e. The molecule has 4 nitrogen and oxygen atoms in total. The maximum atomic E-state index is 9.16. The number of nitriles is 1. The molecule has 1 N–H and O–H groups in total. The average molecular weight is 233 g/mol. The Morgan fingerprint density at radius 2 is 2.18 bits per heavy atom. The van der Waals surface area contributed by atoms with Gasteiger partial charge in [-0.1, -0.05) is 13.8 Å². The first-order valence-electron chi connectivity index (χ1n) is 6.01. The minimum atomic E-state index is 0.0796. The first kappa shape index (κ1) is 13.5. The number of anilines is 1. The van der Waals surface area contributed by atoms with E-state index in [1.807, 2.05) is 12.1 Å². The Kier molecular flexibility index (Phi) is 5.44. The Morgan fingerprint density at radius 1 is 1.47 bits per heavy atom. The van der Waals surface area contributed by atoms with E-state index in [1.54, 1.807) is 6.20 Å². The third-order valence-electron chi connectivity index (χ3n) is 2.93. The lowest BCUT2D eigenvalue weighted by molar-refractivity contribution is 0.296. The predicted molar refractivity (Wildman–Crippen MR) is 67.8 cm³/mol. The summed E-state index contributed by atoms with van der Waals surface area (Å²) in [7, 11) is 0. The molecule has 92 valence electrons. The van der Waals surface area contributed by atoms with Crippen molar-refractivity contribution in [1.29, 1.82) is 5.26 Å². The fourth-order valence-electron chi connectivity index (χ4n) is 2.05. The summed E-state index contributed by atoms with van der Waals surface area (Å²) in [6.45, 7) is 4.84. The Labute approximate surface area is 103 Å². The molecule has 0 bridgehead atoms. The van der Waals surface area contributed by atoms with Gasteiger partial charge in [0.25, 0.3) is 0 Å². The van der Waals surface area contributed by atoms with E-state index >= 15 is 0 Å². The quantitative estimate of drug-likeness (QED) is 0.815. The van der Waals surface area contributed by atoms with Gasteiger partial charge in [0.15, 0.2) is 5.69 Å². The van der Waals surface area contributed by atoms with Gasteiger partial charge in [0, 0.05) is 18.8 Å². The summed E-state index contributed by atoms with van der Waals surface area (Å²) < 4.78 is 0. The molecule has 1 aromatic rings. The molecule has 0 fully saturated rings. The van der Waals surface area contributed by atoms with Crippen molar-refractivity contribution in [3.05, 3.63) is 24.0 Å². The minimum absolute atomic E-state index is 0.0796. The Hall–Kier alpha value is -1.60. The summed E-state index contributed by atoms with van der Waals surface area (Å²) in [6, 6.07) is 6.15. The summed E-state index contributed by atoms with van der Waals surface area (Å²) in [5.74, 6) is 0. The second-order valence-electron chi connectivity index (χ2n) is 3.87. The van der Waals surface area contributed by atoms with Crippen LogP contribution < -0.4 is 4.90 Å². The van der Waals surface area contributed by atoms with Crippen LogP contribution in [0, 0.1) is 11.3 Å². The highest BCUT2D eigenvalue weighted by Gasteiger charge is 2.18. The number of aromatic nitrogens is 1. The van der Waals surface area contributed by atoms with E-state index in [9.17, 15) is 0 Å². The number of pyridine rings is 1. The lowest BCUT2D eigenvalue weighted by atomic mass is 10.1. The van der Waals surface area contributed by atoms with Gasteiger partial charge in [0.05, 0.1) is 12.3 Å². The standard InChI is InChI=1S/C13H19N3O/c1-3-11(4-2)16(8-9-17)13-6-5-7-15-12(13)10-14/h5-7,11,17H,3-4,8-9H2,1-2H3. The number of aliphatic hydroxyl groups is 1. The molecule has 0 aliphatic carbocycles. The molecule has 0 saturated carbocycles. The third-order valence-corrected chi connectivity index (χ3v) is 2.93. The molecule has 0 aliphatic rings. The third kappa shape index (κ3) is 3.18. The van der Waals surface area contributed by atoms with E-state index in [0.717, 1.165) is 18.5 Å². The van der Waals surface area contributed by atoms with E-state index in [1.165, 1.54) is 0 Å². The SMILES string of the molecule is CCC(CC)N(CCO)c1cccnc1C#N. The van der Waals surface area contributed by atoms with Gasteiger partial charge in [-0.15, -0.1) is 0 Å². The first-order valence-corrected chi connectivity index (χ1v) is 6.01. The van der Waals surface area contributed by atoms with Crippen LogP contribution in [-0.4, -0.2) is 29.3 Å². The summed E-state index contributed by atoms with van der Waals surface area (Å²) in [5, 5.41) is 18.2. The van der Waals surface area contributed by atoms with E-state index in [0.29, 0.717) is 18.3 Å². The molecule has 4 heteroatoms. The topological polar surface area (TPSA) is 60.1 Å². The summed E-state index contributed by atoms with van der Waals surface area (Å²) in [4.78, 5) is 6.14. The van der Waals surface area contributed by atoms with Crippen molar-refractivity contribution in [2.75, 3.05) is 18.1 Å². The molecule has 0 aromatic carbocycles. The normalized spacial score (nSPS) is 10.3. The highest BCUT2D eigenvalue weighted by Crippen LogP contribution is 2.22. The van der Waals surface area contributed by atoms with Crippen LogP contribution >= 0.6 is 0 Å². The number of hydrogen-bond acceptors (Lipinski definition) is 4. The zero-order valence-electron chi connectivity index (χ0n) is 10.4. The maximum absolute atomic E-state index is 9.16. The van der Waals surface area contributed by atoms with E-state index in [-0.39, 0.29) is 6.61 Å². The highest BCUT2D eigenvalue weighted by molar-refractivity contribution is 5.56. The van der Waals surface area contributed by atoms with Crippen LogP contribution in [0.1, 0.15) is 32.4 Å². The van der Waals surface area contributed by atoms with Crippen LogP contribution in [0.5, 0.6) is 0 Å². The zero-order chi connectivity index (χ0) is 12.7. The molecule has 0 spiro atoms. The number of rotatable bonds is 6. The van der Waals surface area contributed by atoms with Crippen LogP contribution in [0.15, 0.2) is 18.3 Å². The van der Waals surface area contributed by atoms with Crippen molar-refractivity contribution in [3.63, 3.8) is 0 Å². The van der Waals surface area contributed by atoms with Crippen molar-refractivity contribution in [1.82, 2.24) is 4.98 Å². The van der Waals surface area contributed by atoms with Gasteiger partial charge < -0.3 is 10.0 Å². The molecule has 0 aliphatic heterocycles. The lowest BCUT2D eigenvalue weighted by Crippen LogP contribution is -2.37. The largest absolute Gasteiger partial charge is 0.395 e. The smallest absolute Gasteiger partial charge is 0.163 e. The molecule has 0 radical (unpaired) electrons. The fourth-order valence-corrected chi connectivity index (χ4v) is 2.05. The van der Waals surface area contributed by atoms with Gasteiger partial charge in [-0.2, -0.15) is 5.26 Å². The van der Waals surface area contributed by atoms with E-state index in [4.69, 9.17) is 10.4 Å². The number of aliphatic hydroxyl groups excluding tert-OH is 1. The van der Waals surface area contributed by atoms with E-state index < -0.39 is 0 Å². The molecule has 0 saturated heterocycles. The molecular weight excluding hydrogens is 214 g/mol. The average Bonchev–Trinajstić information content (AvgIpc) is 2.39. The van der Waals surface area contributed by atoms with Gasteiger partial charge in [0.2, 0.25) is 0 Å². The molecule has 17 heavy (non-hydrogen) atoms. The lowest BCUT2D eigenvalue weighted by Gasteiger charge is -2.32. The van der Waals surface area contributed by atoms with Crippen molar-refractivity contribution in [2.24, 2.45) is 0 Å². The first-order chi connectivity index (χ1) is 8.28. The number of nitrogens with zero attached hydrogens (tertiary/aromatic N) is 3. The van der Waals surface area contributed by atoms with Gasteiger partial charge in [-0.3, -0.25) is 0 Å². The monoisotopic (exact) mass is 233 g/mol. The van der Waals surface area contributed by atoms with Crippen LogP contribution in [0.2, 0.25) is 0 Å². The molecule has 1 aromatic heterocycles. The van der Waals surface area contributed by atoms with Gasteiger partial charge >= 0.3 is 0 Å². The van der Waals surface area contributed by atoms with Gasteiger partial charge in [-0.05, 0) is 25.0 Å². The Morgan fingerprint density at radius 3 is 2.71 bits per heavy atom. The molecule has 0 unspecified atom stereocenters. The molecular formula is C13H19N3O. The second-order valence-corrected chi connectivity index (χ2v) is 3.87. The Balaban J connectivity index is 3.09. The van der Waals surface area contributed by atoms with Gasteiger partial charge in [-0.25, -0.2) is 4.98 Å². The van der Waals surface area contributed by atoms with Crippen LogP contribution in [-0.2, 0) is 0 Å². The molecule has 0 amide bonds. The van der Waals surface area contributed by atoms with Crippen molar-refractivity contribution < 1.29 is 5.11 Å². The van der Waals surface area contributed by atoms with E-state index in [2.05, 4.69) is 29.8 Å². The van der Waals surface area contributed by atoms with Crippen molar-refractivity contribution >= 4 is 5.69 Å². The van der Waals surface area contributed by atoms with Crippen molar-refractivity contribution in [3.8, 4) is 6.07 Å². The van der Waals surface area contributed by atoms with Crippen LogP contribution in [0.25, 0.3) is 0 Å². The second kappa shape index (κ2) is 6.87. The fraction of sp³-hybridized carbons (Fsp3) is 0.538. The predicted octanol–water partition coefficient (Wildman–Crippen LogP) is 1.94. The van der Waals surface area contributed by atoms with Crippen molar-refractivity contribution in [2.45, 2.75) is 32.7 Å². The maximum Gasteiger partial charge on any atom is 0.163 e. The summed E-state index contributed by atoms with van der Waals surface area (Å²) in [6.07, 6.45) is 3.58. The summed E-state index contributed by atoms with van der Waals surface area (Å²) >= 11 is 0. The number of hydrogen-bond donors (Lipinski definition) is 1. The van der Waals surface area contributed by atoms with Gasteiger partial charge in [0.1, 0.15) is 6.07 Å². The van der Waals surface area contributed by atoms with Crippen LogP contribution in [0.3, 0.4) is 0 Å². The summed E-state index contributed by atoms with van der Waals surface area (Å²) in [5.41, 5.74) is 1.24. The zero-order valence-corrected chi connectivity index (χ0v) is 10.4. The Bertz CT molecular complexity index is 382. The molecule has 0 atom stereocenters. The molecule has 1 rings (SSSR count). The van der Waals surface area contributed by atoms with Crippen LogP contribution in [0.4, 0.5) is 5.69 Å². The molecule has 1 heterocycles.